The zero-order chi connectivity index (χ0) is 12.6. The first-order valence-electron chi connectivity index (χ1n) is 7.27. The van der Waals surface area contributed by atoms with Gasteiger partial charge >= 0.3 is 0 Å². The van der Waals surface area contributed by atoms with E-state index in [2.05, 4.69) is 32.6 Å². The van der Waals surface area contributed by atoms with Crippen LogP contribution in [0.4, 0.5) is 0 Å². The molecule has 2 heteroatoms. The predicted molar refractivity (Wildman–Crippen MR) is 70.9 cm³/mol. The summed E-state index contributed by atoms with van der Waals surface area (Å²) in [7, 11) is 0. The Labute approximate surface area is 106 Å². The average molecular weight is 237 g/mol. The average Bonchev–Trinajstić information content (AvgIpc) is 2.24. The molecule has 0 bridgehead atoms. The van der Waals surface area contributed by atoms with Crippen LogP contribution in [0, 0.1) is 17.8 Å². The number of hydrogen-bond donors (Lipinski definition) is 0. The van der Waals surface area contributed by atoms with E-state index in [0.29, 0.717) is 11.8 Å². The maximum atomic E-state index is 11.7. The summed E-state index contributed by atoms with van der Waals surface area (Å²) in [6.07, 6.45) is 4.81. The second kappa shape index (κ2) is 5.09. The Morgan fingerprint density at radius 2 is 1.59 bits per heavy atom. The molecule has 2 nitrogen and oxygen atoms in total. The Bertz CT molecular complexity index is 279. The van der Waals surface area contributed by atoms with Gasteiger partial charge in [-0.1, -0.05) is 20.8 Å². The van der Waals surface area contributed by atoms with Gasteiger partial charge in [0.05, 0.1) is 0 Å². The van der Waals surface area contributed by atoms with E-state index >= 15 is 0 Å². The van der Waals surface area contributed by atoms with E-state index in [1.807, 2.05) is 0 Å². The first kappa shape index (κ1) is 13.1. The summed E-state index contributed by atoms with van der Waals surface area (Å²) >= 11 is 0. The molecule has 17 heavy (non-hydrogen) atoms. The van der Waals surface area contributed by atoms with Crippen LogP contribution in [0.2, 0.25) is 0 Å². The van der Waals surface area contributed by atoms with Crippen molar-refractivity contribution >= 4 is 5.78 Å². The lowest BCUT2D eigenvalue weighted by molar-refractivity contribution is -0.129. The van der Waals surface area contributed by atoms with Crippen LogP contribution in [-0.4, -0.2) is 29.3 Å². The summed E-state index contributed by atoms with van der Waals surface area (Å²) in [4.78, 5) is 14.4. The van der Waals surface area contributed by atoms with Crippen molar-refractivity contribution in [2.24, 2.45) is 17.8 Å². The number of likely N-dealkylation sites (tertiary alicyclic amines) is 1. The molecule has 0 spiro atoms. The Morgan fingerprint density at radius 1 is 1.00 bits per heavy atom. The summed E-state index contributed by atoms with van der Waals surface area (Å²) in [5, 5.41) is 0. The van der Waals surface area contributed by atoms with Gasteiger partial charge in [-0.3, -0.25) is 9.69 Å². The van der Waals surface area contributed by atoms with Crippen molar-refractivity contribution < 1.29 is 4.79 Å². The highest BCUT2D eigenvalue weighted by Gasteiger charge is 2.37. The van der Waals surface area contributed by atoms with E-state index < -0.39 is 0 Å². The van der Waals surface area contributed by atoms with Gasteiger partial charge in [-0.05, 0) is 38.0 Å². The minimum Gasteiger partial charge on any atom is -0.299 e. The van der Waals surface area contributed by atoms with Crippen molar-refractivity contribution in [3.05, 3.63) is 0 Å². The lowest BCUT2D eigenvalue weighted by atomic mass is 9.78. The fourth-order valence-electron chi connectivity index (χ4n) is 3.92. The number of carbonyl (C=O) groups excluding carboxylic acids is 1. The molecule has 0 aromatic rings. The van der Waals surface area contributed by atoms with Gasteiger partial charge in [-0.25, -0.2) is 0 Å². The molecule has 0 N–H and O–H groups in total. The lowest BCUT2D eigenvalue weighted by Crippen LogP contribution is -2.53. The van der Waals surface area contributed by atoms with Crippen LogP contribution in [0.5, 0.6) is 0 Å². The molecule has 2 rings (SSSR count). The number of ketones is 1. The van der Waals surface area contributed by atoms with E-state index in [1.54, 1.807) is 0 Å². The quantitative estimate of drug-likeness (QED) is 0.698. The smallest absolute Gasteiger partial charge is 0.138 e. The summed E-state index contributed by atoms with van der Waals surface area (Å²) in [5.41, 5.74) is 0. The molecule has 1 saturated carbocycles. The Morgan fingerprint density at radius 3 is 2.18 bits per heavy atom. The molecule has 2 fully saturated rings. The molecule has 98 valence electrons. The van der Waals surface area contributed by atoms with Crippen molar-refractivity contribution in [3.63, 3.8) is 0 Å². The molecule has 2 aliphatic rings. The van der Waals surface area contributed by atoms with Gasteiger partial charge in [0.25, 0.3) is 0 Å². The first-order chi connectivity index (χ1) is 7.99. The van der Waals surface area contributed by atoms with E-state index in [9.17, 15) is 4.79 Å². The third kappa shape index (κ3) is 2.73. The van der Waals surface area contributed by atoms with Gasteiger partial charge < -0.3 is 0 Å². The predicted octanol–water partition coefficient (Wildman–Crippen LogP) is 3.11. The van der Waals surface area contributed by atoms with Gasteiger partial charge in [0.1, 0.15) is 5.78 Å². The lowest BCUT2D eigenvalue weighted by Gasteiger charge is -2.46. The van der Waals surface area contributed by atoms with Gasteiger partial charge in [-0.2, -0.15) is 0 Å². The maximum absolute atomic E-state index is 11.7. The highest BCUT2D eigenvalue weighted by molar-refractivity contribution is 5.82. The Kier molecular flexibility index (Phi) is 3.92. The van der Waals surface area contributed by atoms with Gasteiger partial charge in [0.15, 0.2) is 0 Å². The molecule has 1 aliphatic carbocycles. The van der Waals surface area contributed by atoms with Gasteiger partial charge in [0, 0.05) is 31.0 Å². The standard InChI is InChI=1S/C15H27NO/c1-10-7-11(2)9-14(8-10)16-6-5-15(17)12(3)13(16)4/h10-14H,5-9H2,1-4H3. The minimum atomic E-state index is 0.233. The largest absolute Gasteiger partial charge is 0.299 e. The molecule has 4 unspecified atom stereocenters. The third-order valence-electron chi connectivity index (χ3n) is 4.99. The van der Waals surface area contributed by atoms with Crippen molar-refractivity contribution in [3.8, 4) is 0 Å². The molecule has 1 heterocycles. The topological polar surface area (TPSA) is 20.3 Å². The number of carbonyl (C=O) groups is 1. The summed E-state index contributed by atoms with van der Waals surface area (Å²) in [6, 6.07) is 1.16. The van der Waals surface area contributed by atoms with Crippen molar-refractivity contribution in [1.82, 2.24) is 4.90 Å². The zero-order valence-corrected chi connectivity index (χ0v) is 11.8. The molecule has 4 atom stereocenters. The summed E-state index contributed by atoms with van der Waals surface area (Å²) in [5.74, 6) is 2.40. The number of Topliss-reactive ketones (excluding diaryl/α,β-unsaturated/α-hetero) is 1. The van der Waals surface area contributed by atoms with Crippen LogP contribution in [-0.2, 0) is 4.79 Å². The van der Waals surface area contributed by atoms with Crippen molar-refractivity contribution in [1.29, 1.82) is 0 Å². The molecular weight excluding hydrogens is 210 g/mol. The Balaban J connectivity index is 2.04. The van der Waals surface area contributed by atoms with E-state index in [1.165, 1.54) is 19.3 Å². The van der Waals surface area contributed by atoms with Crippen LogP contribution in [0.15, 0.2) is 0 Å². The normalized spacial score (nSPS) is 44.9. The monoisotopic (exact) mass is 237 g/mol. The molecule has 1 aliphatic heterocycles. The van der Waals surface area contributed by atoms with E-state index in [4.69, 9.17) is 0 Å². The van der Waals surface area contributed by atoms with Crippen LogP contribution in [0.1, 0.15) is 53.4 Å². The maximum Gasteiger partial charge on any atom is 0.138 e. The third-order valence-corrected chi connectivity index (χ3v) is 4.99. The minimum absolute atomic E-state index is 0.233. The van der Waals surface area contributed by atoms with Crippen molar-refractivity contribution in [2.75, 3.05) is 6.54 Å². The van der Waals surface area contributed by atoms with Crippen LogP contribution in [0.25, 0.3) is 0 Å². The van der Waals surface area contributed by atoms with Crippen LogP contribution < -0.4 is 0 Å². The molecule has 0 aromatic carbocycles. The zero-order valence-electron chi connectivity index (χ0n) is 11.8. The first-order valence-corrected chi connectivity index (χ1v) is 7.27. The summed E-state index contributed by atoms with van der Waals surface area (Å²) < 4.78 is 0. The highest BCUT2D eigenvalue weighted by atomic mass is 16.1. The SMILES string of the molecule is CC1CC(C)CC(N2CCC(=O)C(C)C2C)C1. The molecule has 0 amide bonds. The molecular formula is C15H27NO. The van der Waals surface area contributed by atoms with Gasteiger partial charge in [0.2, 0.25) is 0 Å². The second-order valence-corrected chi connectivity index (χ2v) is 6.55. The van der Waals surface area contributed by atoms with Crippen LogP contribution in [0.3, 0.4) is 0 Å². The van der Waals surface area contributed by atoms with Crippen LogP contribution >= 0.6 is 0 Å². The molecule has 1 saturated heterocycles. The highest BCUT2D eigenvalue weighted by Crippen LogP contribution is 2.34. The summed E-state index contributed by atoms with van der Waals surface area (Å²) in [6.45, 7) is 10.1. The molecule has 0 aromatic heterocycles. The number of piperidine rings is 1. The molecule has 0 radical (unpaired) electrons. The van der Waals surface area contributed by atoms with E-state index in [-0.39, 0.29) is 5.92 Å². The second-order valence-electron chi connectivity index (χ2n) is 6.55. The van der Waals surface area contributed by atoms with Crippen molar-refractivity contribution in [2.45, 2.75) is 65.5 Å². The Hall–Kier alpha value is -0.370. The van der Waals surface area contributed by atoms with E-state index in [0.717, 1.165) is 30.8 Å². The fraction of sp³-hybridized carbons (Fsp3) is 0.933. The fourth-order valence-corrected chi connectivity index (χ4v) is 3.92. The number of hydrogen-bond acceptors (Lipinski definition) is 2. The number of nitrogens with zero attached hydrogens (tertiary/aromatic N) is 1. The number of rotatable bonds is 1. The van der Waals surface area contributed by atoms with Gasteiger partial charge in [-0.15, -0.1) is 0 Å².